The molecular formula is C13H25N3O4. The maximum absolute atomic E-state index is 11.9. The van der Waals surface area contributed by atoms with Crippen molar-refractivity contribution in [2.75, 3.05) is 20.1 Å². The Balaban J connectivity index is 4.51. The normalized spacial score (nSPS) is 12.4. The lowest BCUT2D eigenvalue weighted by Crippen LogP contribution is -2.53. The van der Waals surface area contributed by atoms with E-state index in [4.69, 9.17) is 5.11 Å². The molecule has 0 bridgehead atoms. The molecule has 116 valence electrons. The van der Waals surface area contributed by atoms with Gasteiger partial charge >= 0.3 is 12.0 Å². The third-order valence-corrected chi connectivity index (χ3v) is 2.68. The molecule has 7 nitrogen and oxygen atoms in total. The van der Waals surface area contributed by atoms with Crippen molar-refractivity contribution in [2.24, 2.45) is 5.41 Å². The van der Waals surface area contributed by atoms with Gasteiger partial charge in [-0.2, -0.15) is 0 Å². The summed E-state index contributed by atoms with van der Waals surface area (Å²) in [6.45, 7) is 7.54. The molecule has 0 spiro atoms. The van der Waals surface area contributed by atoms with E-state index in [1.807, 2.05) is 6.92 Å². The van der Waals surface area contributed by atoms with Crippen LogP contribution in [0.15, 0.2) is 0 Å². The number of nitrogens with one attached hydrogen (secondary N) is 2. The van der Waals surface area contributed by atoms with Crippen LogP contribution in [0.4, 0.5) is 4.79 Å². The highest BCUT2D eigenvalue weighted by atomic mass is 16.4. The van der Waals surface area contributed by atoms with E-state index in [2.05, 4.69) is 10.6 Å². The van der Waals surface area contributed by atoms with Gasteiger partial charge < -0.3 is 20.6 Å². The molecule has 0 aromatic rings. The van der Waals surface area contributed by atoms with Gasteiger partial charge in [-0.15, -0.1) is 0 Å². The van der Waals surface area contributed by atoms with Gasteiger partial charge in [0, 0.05) is 13.6 Å². The Morgan fingerprint density at radius 3 is 2.20 bits per heavy atom. The molecule has 0 heterocycles. The van der Waals surface area contributed by atoms with E-state index in [1.165, 1.54) is 7.05 Å². The lowest BCUT2D eigenvalue weighted by Gasteiger charge is -2.29. The molecule has 0 saturated carbocycles. The molecular weight excluding hydrogens is 262 g/mol. The van der Waals surface area contributed by atoms with Crippen LogP contribution in [0.3, 0.4) is 0 Å². The SMILES string of the molecule is CCCNC(=O)CN(C)C(=O)N[C@@H](C(=O)O)C(C)(C)C. The average molecular weight is 287 g/mol. The topological polar surface area (TPSA) is 98.7 Å². The Labute approximate surface area is 119 Å². The maximum atomic E-state index is 11.9. The van der Waals surface area contributed by atoms with E-state index < -0.39 is 23.5 Å². The molecule has 0 aromatic carbocycles. The van der Waals surface area contributed by atoms with Crippen LogP contribution in [0.1, 0.15) is 34.1 Å². The molecule has 7 heteroatoms. The molecule has 0 aliphatic heterocycles. The molecule has 0 rings (SSSR count). The molecule has 0 aromatic heterocycles. The van der Waals surface area contributed by atoms with Crippen LogP contribution < -0.4 is 10.6 Å². The number of carbonyl (C=O) groups is 3. The zero-order valence-corrected chi connectivity index (χ0v) is 12.8. The Bertz CT molecular complexity index is 363. The molecule has 3 amide bonds. The number of hydrogen-bond donors (Lipinski definition) is 3. The van der Waals surface area contributed by atoms with Gasteiger partial charge in [-0.1, -0.05) is 27.7 Å². The predicted molar refractivity (Wildman–Crippen MR) is 75.3 cm³/mol. The fraction of sp³-hybridized carbons (Fsp3) is 0.769. The fourth-order valence-corrected chi connectivity index (χ4v) is 1.49. The van der Waals surface area contributed by atoms with Crippen molar-refractivity contribution in [3.05, 3.63) is 0 Å². The predicted octanol–water partition coefficient (Wildman–Crippen LogP) is 0.653. The largest absolute Gasteiger partial charge is 0.480 e. The van der Waals surface area contributed by atoms with Crippen LogP contribution in [0.25, 0.3) is 0 Å². The first-order valence-electron chi connectivity index (χ1n) is 6.60. The summed E-state index contributed by atoms with van der Waals surface area (Å²) < 4.78 is 0. The van der Waals surface area contributed by atoms with Crippen molar-refractivity contribution in [3.8, 4) is 0 Å². The first-order valence-corrected chi connectivity index (χ1v) is 6.60. The molecule has 0 aliphatic rings. The van der Waals surface area contributed by atoms with E-state index in [1.54, 1.807) is 20.8 Å². The smallest absolute Gasteiger partial charge is 0.326 e. The number of hydrogen-bond acceptors (Lipinski definition) is 3. The molecule has 0 fully saturated rings. The summed E-state index contributed by atoms with van der Waals surface area (Å²) in [6.07, 6.45) is 0.812. The summed E-state index contributed by atoms with van der Waals surface area (Å²) in [7, 11) is 1.45. The second kappa shape index (κ2) is 7.72. The first kappa shape index (κ1) is 18.2. The van der Waals surface area contributed by atoms with Gasteiger partial charge in [-0.3, -0.25) is 4.79 Å². The number of rotatable bonds is 6. The zero-order chi connectivity index (χ0) is 15.9. The van der Waals surface area contributed by atoms with Crippen LogP contribution in [-0.2, 0) is 9.59 Å². The van der Waals surface area contributed by atoms with Gasteiger partial charge in [0.2, 0.25) is 5.91 Å². The van der Waals surface area contributed by atoms with E-state index in [0.717, 1.165) is 11.3 Å². The number of nitrogens with zero attached hydrogens (tertiary/aromatic N) is 1. The van der Waals surface area contributed by atoms with Gasteiger partial charge in [0.15, 0.2) is 0 Å². The van der Waals surface area contributed by atoms with Gasteiger partial charge in [-0.25, -0.2) is 9.59 Å². The van der Waals surface area contributed by atoms with Crippen molar-refractivity contribution in [1.29, 1.82) is 0 Å². The number of urea groups is 1. The number of carbonyl (C=O) groups excluding carboxylic acids is 2. The maximum Gasteiger partial charge on any atom is 0.326 e. The van der Waals surface area contributed by atoms with E-state index in [0.29, 0.717) is 6.54 Å². The molecule has 3 N–H and O–H groups in total. The molecule has 0 radical (unpaired) electrons. The highest BCUT2D eigenvalue weighted by Gasteiger charge is 2.33. The minimum Gasteiger partial charge on any atom is -0.480 e. The van der Waals surface area contributed by atoms with Crippen molar-refractivity contribution >= 4 is 17.9 Å². The fourth-order valence-electron chi connectivity index (χ4n) is 1.49. The monoisotopic (exact) mass is 287 g/mol. The molecule has 20 heavy (non-hydrogen) atoms. The highest BCUT2D eigenvalue weighted by molar-refractivity contribution is 5.86. The summed E-state index contributed by atoms with van der Waals surface area (Å²) >= 11 is 0. The summed E-state index contributed by atoms with van der Waals surface area (Å²) in [5.74, 6) is -1.37. The van der Waals surface area contributed by atoms with Crippen molar-refractivity contribution in [2.45, 2.75) is 40.2 Å². The Hall–Kier alpha value is -1.79. The third-order valence-electron chi connectivity index (χ3n) is 2.68. The second-order valence-electron chi connectivity index (χ2n) is 5.79. The van der Waals surface area contributed by atoms with Crippen LogP contribution in [0.2, 0.25) is 0 Å². The van der Waals surface area contributed by atoms with Crippen LogP contribution in [0.5, 0.6) is 0 Å². The third kappa shape index (κ3) is 6.40. The minimum absolute atomic E-state index is 0.109. The van der Waals surface area contributed by atoms with Gasteiger partial charge in [0.1, 0.15) is 12.6 Å². The summed E-state index contributed by atoms with van der Waals surface area (Å²) in [5, 5.41) is 14.2. The summed E-state index contributed by atoms with van der Waals surface area (Å²) in [6, 6.07) is -1.60. The van der Waals surface area contributed by atoms with Crippen LogP contribution in [-0.4, -0.2) is 54.1 Å². The van der Waals surface area contributed by atoms with Crippen molar-refractivity contribution in [1.82, 2.24) is 15.5 Å². The zero-order valence-electron chi connectivity index (χ0n) is 12.8. The number of likely N-dealkylation sites (N-methyl/N-ethyl adjacent to an activating group) is 1. The first-order chi connectivity index (χ1) is 9.09. The lowest BCUT2D eigenvalue weighted by molar-refractivity contribution is -0.142. The standard InChI is InChI=1S/C13H25N3O4/c1-6-7-14-9(17)8-16(5)12(20)15-10(11(18)19)13(2,3)4/h10H,6-8H2,1-5H3,(H,14,17)(H,15,20)(H,18,19)/t10-/m0/s1. The minimum atomic E-state index is -1.10. The number of amides is 3. The Morgan fingerprint density at radius 1 is 1.25 bits per heavy atom. The summed E-state index contributed by atoms with van der Waals surface area (Å²) in [4.78, 5) is 35.7. The van der Waals surface area contributed by atoms with Crippen molar-refractivity contribution in [3.63, 3.8) is 0 Å². The van der Waals surface area contributed by atoms with E-state index in [9.17, 15) is 14.4 Å². The van der Waals surface area contributed by atoms with Gasteiger partial charge in [-0.05, 0) is 11.8 Å². The Kier molecular flexibility index (Phi) is 7.02. The second-order valence-corrected chi connectivity index (χ2v) is 5.79. The van der Waals surface area contributed by atoms with E-state index >= 15 is 0 Å². The Morgan fingerprint density at radius 2 is 1.80 bits per heavy atom. The van der Waals surface area contributed by atoms with Gasteiger partial charge in [0.05, 0.1) is 0 Å². The van der Waals surface area contributed by atoms with E-state index in [-0.39, 0.29) is 12.5 Å². The highest BCUT2D eigenvalue weighted by Crippen LogP contribution is 2.19. The number of carboxylic acids is 1. The lowest BCUT2D eigenvalue weighted by atomic mass is 9.87. The average Bonchev–Trinajstić information content (AvgIpc) is 2.30. The van der Waals surface area contributed by atoms with Gasteiger partial charge in [0.25, 0.3) is 0 Å². The van der Waals surface area contributed by atoms with Crippen LogP contribution in [0, 0.1) is 5.41 Å². The van der Waals surface area contributed by atoms with Crippen molar-refractivity contribution < 1.29 is 19.5 Å². The molecule has 0 saturated heterocycles. The number of aliphatic carboxylic acids is 1. The number of carboxylic acid groups (broad SMARTS) is 1. The van der Waals surface area contributed by atoms with Crippen LogP contribution >= 0.6 is 0 Å². The molecule has 0 aliphatic carbocycles. The quantitative estimate of drug-likeness (QED) is 0.668. The molecule has 1 atom stereocenters. The summed E-state index contributed by atoms with van der Waals surface area (Å²) in [5.41, 5.74) is -0.618. The molecule has 0 unspecified atom stereocenters.